The Labute approximate surface area is 203 Å². The van der Waals surface area contributed by atoms with Gasteiger partial charge in [-0.1, -0.05) is 121 Å². The van der Waals surface area contributed by atoms with E-state index in [0.29, 0.717) is 27.8 Å². The first-order valence-corrected chi connectivity index (χ1v) is 11.5. The number of allylic oxidation sites excluding steroid dienone is 2. The quantitative estimate of drug-likeness (QED) is 0.245. The van der Waals surface area contributed by atoms with E-state index >= 15 is 4.39 Å². The summed E-state index contributed by atoms with van der Waals surface area (Å²) in [5.74, 6) is -3.22. The van der Waals surface area contributed by atoms with Gasteiger partial charge in [-0.05, 0) is 27.8 Å². The summed E-state index contributed by atoms with van der Waals surface area (Å²) in [6.07, 6.45) is 0. The number of rotatable bonds is 6. The van der Waals surface area contributed by atoms with E-state index in [-0.39, 0.29) is 12.2 Å². The molecule has 0 amide bonds. The summed E-state index contributed by atoms with van der Waals surface area (Å²) >= 11 is 0. The molecule has 0 radical (unpaired) electrons. The predicted octanol–water partition coefficient (Wildman–Crippen LogP) is 6.42. The summed E-state index contributed by atoms with van der Waals surface area (Å²) in [5, 5.41) is 0. The van der Waals surface area contributed by atoms with Gasteiger partial charge in [0.25, 0.3) is 5.67 Å². The molecule has 0 unspecified atom stereocenters. The molecule has 0 heterocycles. The minimum Gasteiger partial charge on any atom is -0.458 e. The van der Waals surface area contributed by atoms with Gasteiger partial charge in [-0.25, -0.2) is 9.18 Å². The zero-order valence-electron chi connectivity index (χ0n) is 18.9. The molecule has 1 aliphatic rings. The zero-order chi connectivity index (χ0) is 24.3. The minimum atomic E-state index is -2.91. The van der Waals surface area contributed by atoms with Crippen molar-refractivity contribution in [1.29, 1.82) is 0 Å². The van der Waals surface area contributed by atoms with Crippen molar-refractivity contribution in [1.82, 2.24) is 0 Å². The van der Waals surface area contributed by atoms with E-state index in [0.717, 1.165) is 0 Å². The first-order valence-electron chi connectivity index (χ1n) is 11.5. The number of halogens is 1. The van der Waals surface area contributed by atoms with Gasteiger partial charge < -0.3 is 4.74 Å². The molecule has 0 saturated carbocycles. The average molecular weight is 463 g/mol. The van der Waals surface area contributed by atoms with Crippen molar-refractivity contribution in [2.24, 2.45) is 0 Å². The molecule has 4 aromatic rings. The third-order valence-corrected chi connectivity index (χ3v) is 6.30. The van der Waals surface area contributed by atoms with Gasteiger partial charge in [0, 0.05) is 5.57 Å². The topological polar surface area (TPSA) is 43.4 Å². The first kappa shape index (κ1) is 22.5. The van der Waals surface area contributed by atoms with E-state index in [4.69, 9.17) is 4.74 Å². The third-order valence-electron chi connectivity index (χ3n) is 6.30. The minimum absolute atomic E-state index is 0.124. The number of hydrogen-bond acceptors (Lipinski definition) is 3. The Kier molecular flexibility index (Phi) is 6.11. The highest BCUT2D eigenvalue weighted by Crippen LogP contribution is 2.54. The SMILES string of the molecule is O=C(OCc1ccccc1)[C@]1(F)C(=O)C(c2ccccc2)=C(c2ccccc2)[C@@H]1c1ccccc1. The molecule has 0 N–H and O–H groups in total. The van der Waals surface area contributed by atoms with Crippen molar-refractivity contribution < 1.29 is 18.7 Å². The number of Topliss-reactive ketones (excluding diaryl/α,β-unsaturated/α-hetero) is 1. The summed E-state index contributed by atoms with van der Waals surface area (Å²) in [5.41, 5.74) is 0.260. The zero-order valence-corrected chi connectivity index (χ0v) is 18.9. The number of ketones is 1. The van der Waals surface area contributed by atoms with Crippen LogP contribution in [0.1, 0.15) is 28.2 Å². The lowest BCUT2D eigenvalue weighted by Crippen LogP contribution is -2.45. The van der Waals surface area contributed by atoms with Gasteiger partial charge in [-0.2, -0.15) is 0 Å². The lowest BCUT2D eigenvalue weighted by molar-refractivity contribution is -0.162. The van der Waals surface area contributed by atoms with Crippen LogP contribution in [0.5, 0.6) is 0 Å². The number of benzene rings is 4. The second-order valence-corrected chi connectivity index (χ2v) is 8.47. The lowest BCUT2D eigenvalue weighted by atomic mass is 9.80. The lowest BCUT2D eigenvalue weighted by Gasteiger charge is -2.27. The Bertz CT molecular complexity index is 1370. The maximum atomic E-state index is 17.2. The Morgan fingerprint density at radius 2 is 1.20 bits per heavy atom. The monoisotopic (exact) mass is 462 g/mol. The third kappa shape index (κ3) is 4.08. The van der Waals surface area contributed by atoms with Gasteiger partial charge in [0.1, 0.15) is 6.61 Å². The molecule has 2 atom stereocenters. The number of carbonyl (C=O) groups is 2. The summed E-state index contributed by atoms with van der Waals surface area (Å²) in [7, 11) is 0. The Morgan fingerprint density at radius 1 is 0.714 bits per heavy atom. The molecule has 172 valence electrons. The van der Waals surface area contributed by atoms with Crippen LogP contribution in [0, 0.1) is 0 Å². The van der Waals surface area contributed by atoms with E-state index in [1.165, 1.54) is 0 Å². The normalized spacial score (nSPS) is 19.6. The molecule has 1 aliphatic carbocycles. The fourth-order valence-electron chi connectivity index (χ4n) is 4.68. The van der Waals surface area contributed by atoms with Gasteiger partial charge in [-0.15, -0.1) is 0 Å². The standard InChI is InChI=1S/C31H23FO3/c32-31(30(34)35-21-22-13-5-1-6-14-22)28(25-19-11-4-12-20-25)26(23-15-7-2-8-16-23)27(29(31)33)24-17-9-3-10-18-24/h1-20,28H,21H2/t28-,31+/m0/s1. The van der Waals surface area contributed by atoms with Crippen LogP contribution >= 0.6 is 0 Å². The smallest absolute Gasteiger partial charge is 0.353 e. The van der Waals surface area contributed by atoms with Crippen LogP contribution in [0.4, 0.5) is 4.39 Å². The van der Waals surface area contributed by atoms with Crippen LogP contribution in [0.2, 0.25) is 0 Å². The summed E-state index contributed by atoms with van der Waals surface area (Å²) in [4.78, 5) is 27.4. The van der Waals surface area contributed by atoms with Crippen LogP contribution in [0.15, 0.2) is 121 Å². The molecule has 0 aromatic heterocycles. The van der Waals surface area contributed by atoms with Crippen LogP contribution < -0.4 is 0 Å². The number of carbonyl (C=O) groups excluding carboxylic acids is 2. The van der Waals surface area contributed by atoms with Crippen LogP contribution in [-0.2, 0) is 20.9 Å². The summed E-state index contributed by atoms with van der Waals surface area (Å²) < 4.78 is 22.6. The number of esters is 1. The first-order chi connectivity index (χ1) is 17.1. The van der Waals surface area contributed by atoms with E-state index < -0.39 is 23.3 Å². The molecular weight excluding hydrogens is 439 g/mol. The highest BCUT2D eigenvalue weighted by molar-refractivity contribution is 6.41. The number of hydrogen-bond donors (Lipinski definition) is 0. The maximum absolute atomic E-state index is 17.2. The van der Waals surface area contributed by atoms with Gasteiger partial charge in [0.15, 0.2) is 0 Å². The molecule has 0 bridgehead atoms. The second-order valence-electron chi connectivity index (χ2n) is 8.47. The molecule has 3 nitrogen and oxygen atoms in total. The van der Waals surface area contributed by atoms with Crippen molar-refractivity contribution >= 4 is 22.9 Å². The van der Waals surface area contributed by atoms with Gasteiger partial charge in [-0.3, -0.25) is 4.79 Å². The van der Waals surface area contributed by atoms with E-state index in [2.05, 4.69) is 0 Å². The van der Waals surface area contributed by atoms with Gasteiger partial charge in [0.2, 0.25) is 5.78 Å². The molecule has 0 saturated heterocycles. The molecule has 4 heteroatoms. The van der Waals surface area contributed by atoms with Crippen molar-refractivity contribution in [2.45, 2.75) is 18.2 Å². The largest absolute Gasteiger partial charge is 0.458 e. The van der Waals surface area contributed by atoms with Crippen molar-refractivity contribution in [3.05, 3.63) is 144 Å². The van der Waals surface area contributed by atoms with Gasteiger partial charge >= 0.3 is 5.97 Å². The highest BCUT2D eigenvalue weighted by atomic mass is 19.1. The van der Waals surface area contributed by atoms with Crippen molar-refractivity contribution in [2.75, 3.05) is 0 Å². The molecule has 0 aliphatic heterocycles. The second kappa shape index (κ2) is 9.51. The van der Waals surface area contributed by atoms with Gasteiger partial charge in [0.05, 0.1) is 5.92 Å². The summed E-state index contributed by atoms with van der Waals surface area (Å²) in [6.45, 7) is -0.124. The van der Waals surface area contributed by atoms with E-state index in [1.54, 1.807) is 60.7 Å². The Hall–Kier alpha value is -4.31. The molecule has 35 heavy (non-hydrogen) atoms. The molecular formula is C31H23FO3. The summed E-state index contributed by atoms with van der Waals surface area (Å²) in [6, 6.07) is 36.0. The van der Waals surface area contributed by atoms with E-state index in [9.17, 15) is 9.59 Å². The maximum Gasteiger partial charge on any atom is 0.353 e. The number of ether oxygens (including phenoxy) is 1. The predicted molar refractivity (Wildman–Crippen MR) is 134 cm³/mol. The molecule has 0 spiro atoms. The molecule has 0 fully saturated rings. The fraction of sp³-hybridized carbons (Fsp3) is 0.0968. The Morgan fingerprint density at radius 3 is 1.77 bits per heavy atom. The van der Waals surface area contributed by atoms with Crippen LogP contribution in [-0.4, -0.2) is 17.4 Å². The van der Waals surface area contributed by atoms with Crippen molar-refractivity contribution in [3.63, 3.8) is 0 Å². The number of alkyl halides is 1. The van der Waals surface area contributed by atoms with Crippen LogP contribution in [0.25, 0.3) is 11.1 Å². The fourth-order valence-corrected chi connectivity index (χ4v) is 4.68. The highest BCUT2D eigenvalue weighted by Gasteiger charge is 2.62. The van der Waals surface area contributed by atoms with E-state index in [1.807, 2.05) is 60.7 Å². The Balaban J connectivity index is 1.68. The van der Waals surface area contributed by atoms with Crippen LogP contribution in [0.3, 0.4) is 0 Å². The molecule has 4 aromatic carbocycles. The average Bonchev–Trinajstić information content (AvgIpc) is 3.17. The van der Waals surface area contributed by atoms with Crippen molar-refractivity contribution in [3.8, 4) is 0 Å². The molecule has 5 rings (SSSR count).